The van der Waals surface area contributed by atoms with Gasteiger partial charge in [-0.25, -0.2) is 0 Å². The molecule has 0 amide bonds. The SMILES string of the molecule is CC1=CC(=Cc2ccc(B3OC(C)(C)C(C)(C)O3)cc2)C=C(C)C1O. The van der Waals surface area contributed by atoms with Crippen molar-refractivity contribution in [2.45, 2.75) is 58.8 Å². The van der Waals surface area contributed by atoms with Gasteiger partial charge in [-0.3, -0.25) is 0 Å². The normalized spacial score (nSPS) is 24.8. The van der Waals surface area contributed by atoms with E-state index in [9.17, 15) is 5.11 Å². The summed E-state index contributed by atoms with van der Waals surface area (Å²) in [4.78, 5) is 0. The van der Waals surface area contributed by atoms with Crippen LogP contribution in [0.5, 0.6) is 0 Å². The first-order valence-corrected chi connectivity index (χ1v) is 8.81. The summed E-state index contributed by atoms with van der Waals surface area (Å²) in [7, 11) is -0.333. The monoisotopic (exact) mass is 338 g/mol. The fourth-order valence-electron chi connectivity index (χ4n) is 3.09. The number of aliphatic hydroxyl groups is 1. The van der Waals surface area contributed by atoms with Crippen LogP contribution in [0.1, 0.15) is 47.1 Å². The molecule has 0 saturated carbocycles. The summed E-state index contributed by atoms with van der Waals surface area (Å²) in [6.07, 6.45) is 5.72. The Morgan fingerprint density at radius 2 is 1.40 bits per heavy atom. The standard InChI is InChI=1S/C21H27BO3/c1-14-11-17(12-15(2)19(14)23)13-16-7-9-18(10-8-16)22-24-20(3,4)21(5,6)25-22/h7-13,19,23H,1-6H3. The van der Waals surface area contributed by atoms with Crippen LogP contribution in [0.2, 0.25) is 0 Å². The predicted octanol–water partition coefficient (Wildman–Crippen LogP) is 3.64. The molecule has 1 aromatic carbocycles. The maximum Gasteiger partial charge on any atom is 0.494 e. The fraction of sp³-hybridized carbons (Fsp3) is 0.429. The quantitative estimate of drug-likeness (QED) is 0.837. The van der Waals surface area contributed by atoms with Crippen molar-refractivity contribution in [3.8, 4) is 0 Å². The van der Waals surface area contributed by atoms with Crippen LogP contribution in [0, 0.1) is 0 Å². The number of rotatable bonds is 2. The molecule has 0 aromatic heterocycles. The van der Waals surface area contributed by atoms with E-state index in [1.54, 1.807) is 0 Å². The molecule has 1 saturated heterocycles. The van der Waals surface area contributed by atoms with Gasteiger partial charge in [0, 0.05) is 0 Å². The number of hydrogen-bond acceptors (Lipinski definition) is 3. The van der Waals surface area contributed by atoms with Gasteiger partial charge in [0.15, 0.2) is 0 Å². The molecular weight excluding hydrogens is 311 g/mol. The van der Waals surface area contributed by atoms with Gasteiger partial charge in [0.05, 0.1) is 17.3 Å². The Labute approximate surface area is 151 Å². The van der Waals surface area contributed by atoms with E-state index in [4.69, 9.17) is 9.31 Å². The zero-order valence-corrected chi connectivity index (χ0v) is 16.0. The Morgan fingerprint density at radius 1 is 0.920 bits per heavy atom. The summed E-state index contributed by atoms with van der Waals surface area (Å²) in [6, 6.07) is 8.26. The highest BCUT2D eigenvalue weighted by Crippen LogP contribution is 2.36. The Kier molecular flexibility index (Phi) is 4.57. The topological polar surface area (TPSA) is 38.7 Å². The molecule has 3 rings (SSSR count). The van der Waals surface area contributed by atoms with Crippen LogP contribution in [-0.2, 0) is 9.31 Å². The molecule has 1 aliphatic heterocycles. The summed E-state index contributed by atoms with van der Waals surface area (Å²) in [5, 5.41) is 9.98. The molecule has 25 heavy (non-hydrogen) atoms. The molecule has 3 nitrogen and oxygen atoms in total. The fourth-order valence-corrected chi connectivity index (χ4v) is 3.09. The molecule has 2 aliphatic rings. The second kappa shape index (κ2) is 6.28. The lowest BCUT2D eigenvalue weighted by Crippen LogP contribution is -2.41. The van der Waals surface area contributed by atoms with Crippen molar-refractivity contribution < 1.29 is 14.4 Å². The van der Waals surface area contributed by atoms with E-state index in [1.165, 1.54) is 0 Å². The second-order valence-corrected chi connectivity index (χ2v) is 8.08. The minimum Gasteiger partial charge on any atom is -0.399 e. The zero-order chi connectivity index (χ0) is 18.4. The third kappa shape index (κ3) is 3.52. The van der Waals surface area contributed by atoms with Crippen LogP contribution in [0.4, 0.5) is 0 Å². The first-order chi connectivity index (χ1) is 11.6. The van der Waals surface area contributed by atoms with Crippen LogP contribution < -0.4 is 5.46 Å². The number of hydrogen-bond donors (Lipinski definition) is 1. The van der Waals surface area contributed by atoms with Gasteiger partial charge in [0.25, 0.3) is 0 Å². The maximum atomic E-state index is 9.98. The van der Waals surface area contributed by atoms with E-state index in [2.05, 4.69) is 58.0 Å². The van der Waals surface area contributed by atoms with Crippen LogP contribution in [0.3, 0.4) is 0 Å². The van der Waals surface area contributed by atoms with Crippen LogP contribution in [0.15, 0.2) is 53.1 Å². The maximum absolute atomic E-state index is 9.98. The summed E-state index contributed by atoms with van der Waals surface area (Å²) < 4.78 is 12.2. The molecule has 132 valence electrons. The van der Waals surface area contributed by atoms with Crippen molar-refractivity contribution in [1.29, 1.82) is 0 Å². The summed E-state index contributed by atoms with van der Waals surface area (Å²) in [5.41, 5.74) is 4.53. The van der Waals surface area contributed by atoms with Crippen molar-refractivity contribution in [2.24, 2.45) is 0 Å². The van der Waals surface area contributed by atoms with Crippen LogP contribution in [-0.4, -0.2) is 29.5 Å². The number of aliphatic hydroxyl groups excluding tert-OH is 1. The van der Waals surface area contributed by atoms with E-state index >= 15 is 0 Å². The third-order valence-corrected chi connectivity index (χ3v) is 5.45. The molecular formula is C21H27BO3. The Balaban J connectivity index is 1.79. The van der Waals surface area contributed by atoms with Crippen molar-refractivity contribution in [1.82, 2.24) is 0 Å². The molecule has 1 heterocycles. The van der Waals surface area contributed by atoms with E-state index in [1.807, 2.05) is 26.0 Å². The Hall–Kier alpha value is -1.62. The highest BCUT2D eigenvalue weighted by molar-refractivity contribution is 6.62. The lowest BCUT2D eigenvalue weighted by molar-refractivity contribution is 0.00578. The molecule has 1 N–H and O–H groups in total. The first-order valence-electron chi connectivity index (χ1n) is 8.81. The van der Waals surface area contributed by atoms with Gasteiger partial charge in [-0.2, -0.15) is 0 Å². The molecule has 0 atom stereocenters. The molecule has 1 aromatic rings. The van der Waals surface area contributed by atoms with E-state index < -0.39 is 6.10 Å². The van der Waals surface area contributed by atoms with Crippen molar-refractivity contribution in [3.05, 3.63) is 58.7 Å². The Bertz CT molecular complexity index is 716. The van der Waals surface area contributed by atoms with Gasteiger partial charge in [-0.1, -0.05) is 36.4 Å². The molecule has 4 heteroatoms. The number of benzene rings is 1. The molecule has 0 spiro atoms. The number of allylic oxidation sites excluding steroid dienone is 3. The van der Waals surface area contributed by atoms with Crippen LogP contribution in [0.25, 0.3) is 6.08 Å². The van der Waals surface area contributed by atoms with Crippen LogP contribution >= 0.6 is 0 Å². The second-order valence-electron chi connectivity index (χ2n) is 8.08. The van der Waals surface area contributed by atoms with Gasteiger partial charge < -0.3 is 14.4 Å². The molecule has 1 fully saturated rings. The minimum absolute atomic E-state index is 0.327. The van der Waals surface area contributed by atoms with E-state index in [-0.39, 0.29) is 18.3 Å². The van der Waals surface area contributed by atoms with Gasteiger partial charge in [0.1, 0.15) is 0 Å². The zero-order valence-electron chi connectivity index (χ0n) is 16.0. The van der Waals surface area contributed by atoms with Crippen molar-refractivity contribution >= 4 is 18.7 Å². The first kappa shape index (κ1) is 18.2. The third-order valence-electron chi connectivity index (χ3n) is 5.45. The summed E-state index contributed by atoms with van der Waals surface area (Å²) >= 11 is 0. The van der Waals surface area contributed by atoms with Crippen molar-refractivity contribution in [3.63, 3.8) is 0 Å². The largest absolute Gasteiger partial charge is 0.494 e. The Morgan fingerprint density at radius 3 is 1.88 bits per heavy atom. The van der Waals surface area contributed by atoms with E-state index in [0.717, 1.165) is 27.7 Å². The molecule has 0 bridgehead atoms. The lowest BCUT2D eigenvalue weighted by Gasteiger charge is -2.32. The minimum atomic E-state index is -0.456. The van der Waals surface area contributed by atoms with Crippen molar-refractivity contribution in [2.75, 3.05) is 0 Å². The van der Waals surface area contributed by atoms with E-state index in [0.29, 0.717) is 0 Å². The average Bonchev–Trinajstić information content (AvgIpc) is 2.74. The van der Waals surface area contributed by atoms with Gasteiger partial charge in [0.2, 0.25) is 0 Å². The lowest BCUT2D eigenvalue weighted by atomic mass is 9.79. The average molecular weight is 338 g/mol. The smallest absolute Gasteiger partial charge is 0.399 e. The molecule has 1 aliphatic carbocycles. The highest BCUT2D eigenvalue weighted by Gasteiger charge is 2.51. The molecule has 0 radical (unpaired) electrons. The highest BCUT2D eigenvalue weighted by atomic mass is 16.7. The summed E-state index contributed by atoms with van der Waals surface area (Å²) in [5.74, 6) is 0. The van der Waals surface area contributed by atoms with Gasteiger partial charge in [-0.15, -0.1) is 0 Å². The van der Waals surface area contributed by atoms with Gasteiger partial charge in [-0.05, 0) is 75.4 Å². The predicted molar refractivity (Wildman–Crippen MR) is 104 cm³/mol. The molecule has 0 unspecified atom stereocenters. The summed E-state index contributed by atoms with van der Waals surface area (Å²) in [6.45, 7) is 12.2. The van der Waals surface area contributed by atoms with Gasteiger partial charge >= 0.3 is 7.12 Å².